The fourth-order valence-corrected chi connectivity index (χ4v) is 3.32. The fourth-order valence-electron chi connectivity index (χ4n) is 2.49. The molecule has 3 aromatic rings. The molecule has 1 heterocycles. The molecule has 1 N–H and O–H groups in total. The lowest BCUT2D eigenvalue weighted by molar-refractivity contribution is 0.0955. The van der Waals surface area contributed by atoms with Gasteiger partial charge in [-0.15, -0.1) is 11.3 Å². The average Bonchev–Trinajstić information content (AvgIpc) is 3.10. The number of amides is 1. The van der Waals surface area contributed by atoms with Gasteiger partial charge in [-0.1, -0.05) is 42.0 Å². The molecule has 0 spiro atoms. The van der Waals surface area contributed by atoms with Gasteiger partial charge in [0.05, 0.1) is 12.0 Å². The normalized spacial score (nSPS) is 10.4. The zero-order valence-electron chi connectivity index (χ0n) is 13.7. The van der Waals surface area contributed by atoms with E-state index in [2.05, 4.69) is 36.5 Å². The van der Waals surface area contributed by atoms with Crippen LogP contribution in [0.2, 0.25) is 0 Å². The molecule has 4 heteroatoms. The Morgan fingerprint density at radius 1 is 1.12 bits per heavy atom. The Labute approximate surface area is 145 Å². The van der Waals surface area contributed by atoms with Crippen LogP contribution in [0.4, 0.5) is 0 Å². The first-order valence-electron chi connectivity index (χ1n) is 7.73. The molecule has 1 amide bonds. The zero-order valence-corrected chi connectivity index (χ0v) is 14.5. The van der Waals surface area contributed by atoms with Crippen LogP contribution < -0.4 is 10.1 Å². The van der Waals surface area contributed by atoms with E-state index in [9.17, 15) is 4.79 Å². The molecule has 0 fully saturated rings. The number of aryl methyl sites for hydroxylation is 1. The van der Waals surface area contributed by atoms with Gasteiger partial charge < -0.3 is 10.1 Å². The van der Waals surface area contributed by atoms with Crippen LogP contribution >= 0.6 is 11.3 Å². The van der Waals surface area contributed by atoms with Crippen LogP contribution in [0.25, 0.3) is 11.1 Å². The van der Waals surface area contributed by atoms with Crippen LogP contribution in [-0.2, 0) is 6.54 Å². The molecule has 24 heavy (non-hydrogen) atoms. The Bertz CT molecular complexity index is 837. The maximum Gasteiger partial charge on any atom is 0.262 e. The number of hydrogen-bond donors (Lipinski definition) is 1. The largest absolute Gasteiger partial charge is 0.497 e. The van der Waals surface area contributed by atoms with Gasteiger partial charge in [0, 0.05) is 12.1 Å². The molecule has 0 aliphatic heterocycles. The predicted octanol–water partition coefficient (Wildman–Crippen LogP) is 4.66. The number of thiophene rings is 1. The summed E-state index contributed by atoms with van der Waals surface area (Å²) in [6, 6.07) is 17.9. The molecule has 0 saturated carbocycles. The number of rotatable bonds is 5. The lowest BCUT2D eigenvalue weighted by atomic mass is 10.0. The van der Waals surface area contributed by atoms with E-state index in [1.165, 1.54) is 16.9 Å². The summed E-state index contributed by atoms with van der Waals surface area (Å²) in [7, 11) is 1.64. The first kappa shape index (κ1) is 16.3. The molecule has 122 valence electrons. The minimum atomic E-state index is -0.0524. The van der Waals surface area contributed by atoms with Crippen LogP contribution in [0.15, 0.2) is 60.0 Å². The van der Waals surface area contributed by atoms with Gasteiger partial charge in [-0.25, -0.2) is 0 Å². The highest BCUT2D eigenvalue weighted by molar-refractivity contribution is 7.12. The van der Waals surface area contributed by atoms with Gasteiger partial charge in [-0.3, -0.25) is 4.79 Å². The molecule has 0 saturated heterocycles. The Kier molecular flexibility index (Phi) is 4.96. The number of ether oxygens (including phenoxy) is 1. The number of nitrogens with one attached hydrogen (secondary N) is 1. The van der Waals surface area contributed by atoms with Crippen molar-refractivity contribution in [3.63, 3.8) is 0 Å². The highest BCUT2D eigenvalue weighted by Crippen LogP contribution is 2.28. The highest BCUT2D eigenvalue weighted by atomic mass is 32.1. The smallest absolute Gasteiger partial charge is 0.262 e. The van der Waals surface area contributed by atoms with Crippen LogP contribution in [0, 0.1) is 6.92 Å². The number of carbonyl (C=O) groups excluding carboxylic acids is 1. The zero-order chi connectivity index (χ0) is 16.9. The highest BCUT2D eigenvalue weighted by Gasteiger charge is 2.14. The molecule has 0 unspecified atom stereocenters. The third-order valence-corrected chi connectivity index (χ3v) is 4.73. The van der Waals surface area contributed by atoms with Crippen molar-refractivity contribution in [3.05, 3.63) is 76.0 Å². The molecule has 2 aromatic carbocycles. The molecular weight excluding hydrogens is 318 g/mol. The summed E-state index contributed by atoms with van der Waals surface area (Å²) in [6.45, 7) is 2.53. The molecule has 0 aliphatic rings. The van der Waals surface area contributed by atoms with Crippen molar-refractivity contribution in [1.82, 2.24) is 5.32 Å². The minimum Gasteiger partial charge on any atom is -0.497 e. The standard InChI is InChI=1S/C20H19NO2S/c1-14-6-8-16(9-7-14)18-10-11-24-19(18)20(22)21-13-15-4-3-5-17(12-15)23-2/h3-12H,13H2,1-2H3,(H,21,22). The summed E-state index contributed by atoms with van der Waals surface area (Å²) in [6.07, 6.45) is 0. The van der Waals surface area contributed by atoms with Crippen molar-refractivity contribution in [2.24, 2.45) is 0 Å². The summed E-state index contributed by atoms with van der Waals surface area (Å²) >= 11 is 1.46. The topological polar surface area (TPSA) is 38.3 Å². The van der Waals surface area contributed by atoms with E-state index in [1.807, 2.05) is 35.7 Å². The average molecular weight is 337 g/mol. The third-order valence-electron chi connectivity index (χ3n) is 3.82. The van der Waals surface area contributed by atoms with E-state index < -0.39 is 0 Å². The van der Waals surface area contributed by atoms with Crippen molar-refractivity contribution in [2.45, 2.75) is 13.5 Å². The van der Waals surface area contributed by atoms with Crippen LogP contribution in [0.1, 0.15) is 20.8 Å². The Balaban J connectivity index is 1.74. The number of carbonyl (C=O) groups is 1. The second-order valence-electron chi connectivity index (χ2n) is 5.56. The van der Waals surface area contributed by atoms with Gasteiger partial charge in [-0.05, 0) is 41.6 Å². The minimum absolute atomic E-state index is 0.0524. The number of benzene rings is 2. The Morgan fingerprint density at radius 3 is 2.67 bits per heavy atom. The van der Waals surface area contributed by atoms with Gasteiger partial charge in [0.25, 0.3) is 5.91 Å². The summed E-state index contributed by atoms with van der Waals surface area (Å²) in [5, 5.41) is 4.94. The van der Waals surface area contributed by atoms with E-state index >= 15 is 0 Å². The fraction of sp³-hybridized carbons (Fsp3) is 0.150. The molecule has 0 radical (unpaired) electrons. The van der Waals surface area contributed by atoms with Gasteiger partial charge in [0.2, 0.25) is 0 Å². The molecule has 0 atom stereocenters. The van der Waals surface area contributed by atoms with E-state index in [0.29, 0.717) is 6.54 Å². The molecular formula is C20H19NO2S. The van der Waals surface area contributed by atoms with Crippen LogP contribution in [0.3, 0.4) is 0 Å². The van der Waals surface area contributed by atoms with E-state index in [0.717, 1.165) is 27.3 Å². The van der Waals surface area contributed by atoms with Crippen LogP contribution in [0.5, 0.6) is 5.75 Å². The lowest BCUT2D eigenvalue weighted by Crippen LogP contribution is -2.22. The van der Waals surface area contributed by atoms with Crippen molar-refractivity contribution >= 4 is 17.2 Å². The van der Waals surface area contributed by atoms with E-state index in [4.69, 9.17) is 4.74 Å². The van der Waals surface area contributed by atoms with Crippen LogP contribution in [-0.4, -0.2) is 13.0 Å². The quantitative estimate of drug-likeness (QED) is 0.735. The van der Waals surface area contributed by atoms with E-state index in [-0.39, 0.29) is 5.91 Å². The van der Waals surface area contributed by atoms with Crippen molar-refractivity contribution in [3.8, 4) is 16.9 Å². The van der Waals surface area contributed by atoms with Crippen molar-refractivity contribution in [2.75, 3.05) is 7.11 Å². The first-order valence-corrected chi connectivity index (χ1v) is 8.61. The summed E-state index contributed by atoms with van der Waals surface area (Å²) in [5.74, 6) is 0.738. The van der Waals surface area contributed by atoms with Gasteiger partial charge in [0.1, 0.15) is 5.75 Å². The maximum atomic E-state index is 12.6. The monoisotopic (exact) mass is 337 g/mol. The van der Waals surface area contributed by atoms with Gasteiger partial charge in [-0.2, -0.15) is 0 Å². The predicted molar refractivity (Wildman–Crippen MR) is 98.7 cm³/mol. The third kappa shape index (κ3) is 3.66. The first-order chi connectivity index (χ1) is 11.7. The lowest BCUT2D eigenvalue weighted by Gasteiger charge is -2.08. The number of hydrogen-bond acceptors (Lipinski definition) is 3. The molecule has 3 rings (SSSR count). The molecule has 3 nitrogen and oxygen atoms in total. The molecule has 0 bridgehead atoms. The number of methoxy groups -OCH3 is 1. The Morgan fingerprint density at radius 2 is 1.92 bits per heavy atom. The van der Waals surface area contributed by atoms with Crippen molar-refractivity contribution in [1.29, 1.82) is 0 Å². The van der Waals surface area contributed by atoms with E-state index in [1.54, 1.807) is 7.11 Å². The molecule has 0 aliphatic carbocycles. The second kappa shape index (κ2) is 7.32. The molecule has 1 aromatic heterocycles. The summed E-state index contributed by atoms with van der Waals surface area (Å²) < 4.78 is 5.21. The summed E-state index contributed by atoms with van der Waals surface area (Å²) in [4.78, 5) is 13.3. The SMILES string of the molecule is COc1cccc(CNC(=O)c2sccc2-c2ccc(C)cc2)c1. The summed E-state index contributed by atoms with van der Waals surface area (Å²) in [5.41, 5.74) is 4.26. The second-order valence-corrected chi connectivity index (χ2v) is 6.48. The maximum absolute atomic E-state index is 12.6. The Hall–Kier alpha value is -2.59. The van der Waals surface area contributed by atoms with Crippen molar-refractivity contribution < 1.29 is 9.53 Å². The van der Waals surface area contributed by atoms with Gasteiger partial charge >= 0.3 is 0 Å². The van der Waals surface area contributed by atoms with Gasteiger partial charge in [0.15, 0.2) is 0 Å².